The summed E-state index contributed by atoms with van der Waals surface area (Å²) >= 11 is 3.08. The van der Waals surface area contributed by atoms with Crippen LogP contribution < -0.4 is 5.32 Å². The van der Waals surface area contributed by atoms with Crippen LogP contribution in [0.3, 0.4) is 0 Å². The predicted octanol–water partition coefficient (Wildman–Crippen LogP) is 1.33. The fraction of sp³-hybridized carbons (Fsp3) is 0.750. The van der Waals surface area contributed by atoms with Gasteiger partial charge in [0.2, 0.25) is 0 Å². The van der Waals surface area contributed by atoms with Crippen LogP contribution in [-0.4, -0.2) is 30.9 Å². The SMILES string of the molecule is COC(=O)NCC(C)(C)C(=O)CBr. The highest BCUT2D eigenvalue weighted by Crippen LogP contribution is 2.16. The van der Waals surface area contributed by atoms with Gasteiger partial charge in [0.1, 0.15) is 0 Å². The Bertz CT molecular complexity index is 204. The van der Waals surface area contributed by atoms with Crippen molar-refractivity contribution in [3.8, 4) is 0 Å². The van der Waals surface area contributed by atoms with E-state index in [9.17, 15) is 9.59 Å². The van der Waals surface area contributed by atoms with Crippen LogP contribution in [0.2, 0.25) is 0 Å². The van der Waals surface area contributed by atoms with Crippen LogP contribution in [0.1, 0.15) is 13.8 Å². The standard InChI is InChI=1S/C8H14BrNO3/c1-8(2,6(11)4-9)5-10-7(12)13-3/h4-5H2,1-3H3,(H,10,12). The topological polar surface area (TPSA) is 55.4 Å². The molecule has 0 saturated heterocycles. The molecule has 0 spiro atoms. The first-order valence-electron chi connectivity index (χ1n) is 3.85. The van der Waals surface area contributed by atoms with Crippen molar-refractivity contribution in [1.82, 2.24) is 5.32 Å². The van der Waals surface area contributed by atoms with Gasteiger partial charge < -0.3 is 10.1 Å². The van der Waals surface area contributed by atoms with E-state index in [-0.39, 0.29) is 12.3 Å². The maximum absolute atomic E-state index is 11.3. The molecule has 0 aliphatic carbocycles. The van der Waals surface area contributed by atoms with Gasteiger partial charge in [-0.15, -0.1) is 0 Å². The number of alkyl carbamates (subject to hydrolysis) is 1. The molecular weight excluding hydrogens is 238 g/mol. The van der Waals surface area contributed by atoms with Gasteiger partial charge in [0.05, 0.1) is 12.4 Å². The first kappa shape index (κ1) is 12.4. The van der Waals surface area contributed by atoms with Gasteiger partial charge in [-0.1, -0.05) is 29.8 Å². The maximum Gasteiger partial charge on any atom is 0.406 e. The second-order valence-electron chi connectivity index (χ2n) is 3.29. The molecule has 0 rings (SSSR count). The van der Waals surface area contributed by atoms with Crippen LogP contribution in [-0.2, 0) is 9.53 Å². The minimum Gasteiger partial charge on any atom is -0.453 e. The molecule has 76 valence electrons. The third-order valence-electron chi connectivity index (χ3n) is 1.74. The van der Waals surface area contributed by atoms with Gasteiger partial charge in [-0.05, 0) is 0 Å². The number of ketones is 1. The molecule has 0 bridgehead atoms. The third-order valence-corrected chi connectivity index (χ3v) is 2.25. The van der Waals surface area contributed by atoms with Crippen LogP contribution >= 0.6 is 15.9 Å². The summed E-state index contributed by atoms with van der Waals surface area (Å²) in [5, 5.41) is 2.78. The summed E-state index contributed by atoms with van der Waals surface area (Å²) in [6.07, 6.45) is -0.518. The summed E-state index contributed by atoms with van der Waals surface area (Å²) in [7, 11) is 1.29. The van der Waals surface area contributed by atoms with Crippen LogP contribution in [0, 0.1) is 5.41 Å². The number of hydrogen-bond acceptors (Lipinski definition) is 3. The van der Waals surface area contributed by atoms with E-state index in [1.807, 2.05) is 0 Å². The molecule has 1 N–H and O–H groups in total. The van der Waals surface area contributed by atoms with Crippen LogP contribution in [0.4, 0.5) is 4.79 Å². The lowest BCUT2D eigenvalue weighted by molar-refractivity contribution is -0.124. The number of carbonyl (C=O) groups excluding carboxylic acids is 2. The lowest BCUT2D eigenvalue weighted by atomic mass is 9.89. The Morgan fingerprint density at radius 3 is 2.38 bits per heavy atom. The number of amides is 1. The van der Waals surface area contributed by atoms with E-state index in [2.05, 4.69) is 26.0 Å². The van der Waals surface area contributed by atoms with Crippen molar-refractivity contribution >= 4 is 27.8 Å². The second-order valence-corrected chi connectivity index (χ2v) is 3.85. The van der Waals surface area contributed by atoms with Crippen molar-refractivity contribution in [2.45, 2.75) is 13.8 Å². The molecule has 0 aromatic carbocycles. The van der Waals surface area contributed by atoms with E-state index < -0.39 is 11.5 Å². The minimum absolute atomic E-state index is 0.0453. The van der Waals surface area contributed by atoms with E-state index in [1.54, 1.807) is 13.8 Å². The molecule has 0 atom stereocenters. The normalized spacial score (nSPS) is 10.8. The molecule has 0 heterocycles. The van der Waals surface area contributed by atoms with Gasteiger partial charge in [-0.25, -0.2) is 4.79 Å². The lowest BCUT2D eigenvalue weighted by Crippen LogP contribution is -2.39. The first-order valence-corrected chi connectivity index (χ1v) is 4.97. The molecule has 13 heavy (non-hydrogen) atoms. The van der Waals surface area contributed by atoms with Gasteiger partial charge in [0, 0.05) is 12.0 Å². The molecular formula is C8H14BrNO3. The average Bonchev–Trinajstić information content (AvgIpc) is 2.12. The summed E-state index contributed by atoms with van der Waals surface area (Å²) in [5.74, 6) is 0.0453. The zero-order chi connectivity index (χ0) is 10.5. The van der Waals surface area contributed by atoms with Crippen LogP contribution in [0.5, 0.6) is 0 Å². The van der Waals surface area contributed by atoms with Gasteiger partial charge in [-0.2, -0.15) is 0 Å². The number of hydrogen-bond donors (Lipinski definition) is 1. The number of alkyl halides is 1. The van der Waals surface area contributed by atoms with E-state index in [0.717, 1.165) is 0 Å². The van der Waals surface area contributed by atoms with E-state index in [1.165, 1.54) is 7.11 Å². The molecule has 0 fully saturated rings. The van der Waals surface area contributed by atoms with Crippen molar-refractivity contribution in [3.63, 3.8) is 0 Å². The molecule has 0 saturated carbocycles. The fourth-order valence-electron chi connectivity index (χ4n) is 0.645. The average molecular weight is 252 g/mol. The number of rotatable bonds is 4. The van der Waals surface area contributed by atoms with Crippen molar-refractivity contribution in [1.29, 1.82) is 0 Å². The smallest absolute Gasteiger partial charge is 0.406 e. The number of methoxy groups -OCH3 is 1. The van der Waals surface area contributed by atoms with E-state index in [0.29, 0.717) is 5.33 Å². The molecule has 0 radical (unpaired) electrons. The summed E-state index contributed by atoms with van der Waals surface area (Å²) in [6, 6.07) is 0. The second kappa shape index (κ2) is 5.21. The first-order chi connectivity index (χ1) is 5.94. The predicted molar refractivity (Wildman–Crippen MR) is 53.0 cm³/mol. The number of halogens is 1. The van der Waals surface area contributed by atoms with Crippen molar-refractivity contribution in [2.24, 2.45) is 5.41 Å². The van der Waals surface area contributed by atoms with Crippen molar-refractivity contribution in [3.05, 3.63) is 0 Å². The molecule has 5 heteroatoms. The Balaban J connectivity index is 4.03. The summed E-state index contributed by atoms with van der Waals surface area (Å²) in [6.45, 7) is 3.82. The number of nitrogens with one attached hydrogen (secondary N) is 1. The van der Waals surface area contributed by atoms with Gasteiger partial charge >= 0.3 is 6.09 Å². The van der Waals surface area contributed by atoms with Crippen molar-refractivity contribution in [2.75, 3.05) is 19.0 Å². The number of Topliss-reactive ketones (excluding diaryl/α,β-unsaturated/α-hetero) is 1. The Morgan fingerprint density at radius 1 is 1.46 bits per heavy atom. The highest BCUT2D eigenvalue weighted by atomic mass is 79.9. The number of ether oxygens (including phenoxy) is 1. The molecule has 0 aromatic rings. The Labute approximate surface area is 86.1 Å². The van der Waals surface area contributed by atoms with Crippen molar-refractivity contribution < 1.29 is 14.3 Å². The van der Waals surface area contributed by atoms with Gasteiger partial charge in [-0.3, -0.25) is 4.79 Å². The third kappa shape index (κ3) is 4.26. The molecule has 0 aliphatic rings. The van der Waals surface area contributed by atoms with Gasteiger partial charge in [0.15, 0.2) is 5.78 Å². The van der Waals surface area contributed by atoms with E-state index in [4.69, 9.17) is 0 Å². The molecule has 4 nitrogen and oxygen atoms in total. The molecule has 0 unspecified atom stereocenters. The molecule has 0 aromatic heterocycles. The Kier molecular flexibility index (Phi) is 4.98. The summed E-state index contributed by atoms with van der Waals surface area (Å²) in [4.78, 5) is 22.0. The zero-order valence-electron chi connectivity index (χ0n) is 8.02. The van der Waals surface area contributed by atoms with E-state index >= 15 is 0 Å². The number of carbonyl (C=O) groups is 2. The lowest BCUT2D eigenvalue weighted by Gasteiger charge is -2.21. The monoisotopic (exact) mass is 251 g/mol. The summed E-state index contributed by atoms with van der Waals surface area (Å²) < 4.78 is 4.39. The van der Waals surface area contributed by atoms with Crippen LogP contribution in [0.25, 0.3) is 0 Å². The quantitative estimate of drug-likeness (QED) is 0.768. The zero-order valence-corrected chi connectivity index (χ0v) is 9.60. The highest BCUT2D eigenvalue weighted by Gasteiger charge is 2.26. The van der Waals surface area contributed by atoms with Crippen LogP contribution in [0.15, 0.2) is 0 Å². The Hall–Kier alpha value is -0.580. The minimum atomic E-state index is -0.558. The highest BCUT2D eigenvalue weighted by molar-refractivity contribution is 9.09. The maximum atomic E-state index is 11.3. The summed E-state index contributed by atoms with van der Waals surface area (Å²) in [5.41, 5.74) is -0.558. The fourth-order valence-corrected chi connectivity index (χ4v) is 1.40. The van der Waals surface area contributed by atoms with Gasteiger partial charge in [0.25, 0.3) is 0 Å². The Morgan fingerprint density at radius 2 is 2.00 bits per heavy atom. The molecule has 1 amide bonds. The largest absolute Gasteiger partial charge is 0.453 e. The molecule has 0 aliphatic heterocycles.